The Bertz CT molecular complexity index is 781. The summed E-state index contributed by atoms with van der Waals surface area (Å²) in [5.41, 5.74) is -0.533. The summed E-state index contributed by atoms with van der Waals surface area (Å²) in [6.45, 7) is 0. The van der Waals surface area contributed by atoms with Crippen molar-refractivity contribution in [2.75, 3.05) is 17.3 Å². The van der Waals surface area contributed by atoms with Crippen LogP contribution in [0.4, 0.5) is 18.9 Å². The highest BCUT2D eigenvalue weighted by molar-refractivity contribution is 7.98. The SMILES string of the molecule is CSCCC(C(=O)Nc1ccc(F)c(F)c1F)N1C(=O)C2CCCCC2C1=O. The molecule has 1 saturated heterocycles. The molecule has 0 bridgehead atoms. The van der Waals surface area contributed by atoms with Gasteiger partial charge in [0, 0.05) is 0 Å². The molecule has 1 aromatic rings. The van der Waals surface area contributed by atoms with Crippen LogP contribution in [0.25, 0.3) is 0 Å². The number of hydrogen-bond acceptors (Lipinski definition) is 4. The lowest BCUT2D eigenvalue weighted by atomic mass is 9.81. The number of nitrogens with one attached hydrogen (secondary N) is 1. The maximum absolute atomic E-state index is 13.9. The molecule has 1 aromatic carbocycles. The number of nitrogens with zero attached hydrogens (tertiary/aromatic N) is 1. The van der Waals surface area contributed by atoms with Gasteiger partial charge in [-0.3, -0.25) is 19.3 Å². The van der Waals surface area contributed by atoms with E-state index in [1.807, 2.05) is 6.26 Å². The fourth-order valence-corrected chi connectivity index (χ4v) is 4.40. The number of imide groups is 1. The van der Waals surface area contributed by atoms with Gasteiger partial charge < -0.3 is 5.32 Å². The molecule has 1 N–H and O–H groups in total. The first-order valence-corrected chi connectivity index (χ1v) is 10.6. The molecule has 1 saturated carbocycles. The molecule has 28 heavy (non-hydrogen) atoms. The van der Waals surface area contributed by atoms with E-state index in [-0.39, 0.29) is 18.2 Å². The van der Waals surface area contributed by atoms with Crippen molar-refractivity contribution in [2.45, 2.75) is 38.1 Å². The molecule has 1 aliphatic heterocycles. The molecule has 3 unspecified atom stereocenters. The Morgan fingerprint density at radius 1 is 1.14 bits per heavy atom. The molecule has 0 radical (unpaired) electrons. The van der Waals surface area contributed by atoms with Crippen molar-refractivity contribution >= 4 is 35.2 Å². The number of halogens is 3. The van der Waals surface area contributed by atoms with Gasteiger partial charge in [0.2, 0.25) is 17.7 Å². The second-order valence-electron chi connectivity index (χ2n) is 7.05. The Morgan fingerprint density at radius 3 is 2.32 bits per heavy atom. The zero-order valence-electron chi connectivity index (χ0n) is 15.3. The Morgan fingerprint density at radius 2 is 1.75 bits per heavy atom. The first-order chi connectivity index (χ1) is 13.4. The highest BCUT2D eigenvalue weighted by Crippen LogP contribution is 2.39. The molecule has 9 heteroatoms. The van der Waals surface area contributed by atoms with Crippen molar-refractivity contribution in [3.8, 4) is 0 Å². The number of benzene rings is 1. The summed E-state index contributed by atoms with van der Waals surface area (Å²) in [6, 6.07) is 0.488. The minimum atomic E-state index is -1.70. The smallest absolute Gasteiger partial charge is 0.247 e. The average molecular weight is 414 g/mol. The van der Waals surface area contributed by atoms with E-state index in [1.165, 1.54) is 11.8 Å². The summed E-state index contributed by atoms with van der Waals surface area (Å²) < 4.78 is 40.5. The van der Waals surface area contributed by atoms with Crippen molar-refractivity contribution < 1.29 is 27.6 Å². The van der Waals surface area contributed by atoms with E-state index < -0.39 is 46.9 Å². The molecule has 3 amide bonds. The number of likely N-dealkylation sites (tertiary alicyclic amines) is 1. The molecule has 0 aromatic heterocycles. The summed E-state index contributed by atoms with van der Waals surface area (Å²) >= 11 is 1.43. The van der Waals surface area contributed by atoms with Crippen molar-refractivity contribution in [3.63, 3.8) is 0 Å². The van der Waals surface area contributed by atoms with Crippen molar-refractivity contribution in [1.29, 1.82) is 0 Å². The lowest BCUT2D eigenvalue weighted by molar-refractivity contribution is -0.146. The van der Waals surface area contributed by atoms with Crippen LogP contribution in [0.3, 0.4) is 0 Å². The van der Waals surface area contributed by atoms with E-state index in [2.05, 4.69) is 5.32 Å². The first kappa shape index (κ1) is 20.7. The number of anilines is 1. The molecule has 3 atom stereocenters. The highest BCUT2D eigenvalue weighted by atomic mass is 32.2. The number of hydrogen-bond donors (Lipinski definition) is 1. The van der Waals surface area contributed by atoms with Crippen LogP contribution in [0, 0.1) is 29.3 Å². The van der Waals surface area contributed by atoms with Crippen LogP contribution in [-0.4, -0.2) is 40.7 Å². The number of carbonyl (C=O) groups excluding carboxylic acids is 3. The minimum Gasteiger partial charge on any atom is -0.322 e. The maximum Gasteiger partial charge on any atom is 0.247 e. The zero-order chi connectivity index (χ0) is 20.4. The minimum absolute atomic E-state index is 0.190. The fraction of sp³-hybridized carbons (Fsp3) is 0.526. The predicted molar refractivity (Wildman–Crippen MR) is 99.0 cm³/mol. The van der Waals surface area contributed by atoms with E-state index in [9.17, 15) is 27.6 Å². The molecular formula is C19H21F3N2O3S. The van der Waals surface area contributed by atoms with Gasteiger partial charge in [-0.05, 0) is 43.4 Å². The summed E-state index contributed by atoms with van der Waals surface area (Å²) in [5.74, 6) is -6.46. The van der Waals surface area contributed by atoms with E-state index in [0.717, 1.165) is 23.8 Å². The van der Waals surface area contributed by atoms with Crippen LogP contribution < -0.4 is 5.32 Å². The third-order valence-electron chi connectivity index (χ3n) is 5.38. The third kappa shape index (κ3) is 3.76. The molecule has 5 nitrogen and oxygen atoms in total. The molecular weight excluding hydrogens is 393 g/mol. The van der Waals surface area contributed by atoms with Gasteiger partial charge in [-0.25, -0.2) is 13.2 Å². The quantitative estimate of drug-likeness (QED) is 0.573. The average Bonchev–Trinajstić information content (AvgIpc) is 2.94. The fourth-order valence-electron chi connectivity index (χ4n) is 3.94. The summed E-state index contributed by atoms with van der Waals surface area (Å²) in [6.07, 6.45) is 4.94. The summed E-state index contributed by atoms with van der Waals surface area (Å²) in [5, 5.41) is 2.21. The number of rotatable bonds is 6. The van der Waals surface area contributed by atoms with Crippen molar-refractivity contribution in [3.05, 3.63) is 29.6 Å². The second-order valence-corrected chi connectivity index (χ2v) is 8.04. The highest BCUT2D eigenvalue weighted by Gasteiger charge is 2.51. The number of fused-ring (bicyclic) bond motifs is 1. The van der Waals surface area contributed by atoms with Gasteiger partial charge in [0.05, 0.1) is 17.5 Å². The van der Waals surface area contributed by atoms with Gasteiger partial charge in [-0.2, -0.15) is 11.8 Å². The van der Waals surface area contributed by atoms with Crippen LogP contribution in [0.2, 0.25) is 0 Å². The molecule has 3 rings (SSSR count). The van der Waals surface area contributed by atoms with Gasteiger partial charge in [0.1, 0.15) is 6.04 Å². The van der Waals surface area contributed by atoms with Crippen LogP contribution in [0.15, 0.2) is 12.1 Å². The van der Waals surface area contributed by atoms with Crippen molar-refractivity contribution in [1.82, 2.24) is 4.90 Å². The zero-order valence-corrected chi connectivity index (χ0v) is 16.2. The topological polar surface area (TPSA) is 66.5 Å². The molecule has 152 valence electrons. The lowest BCUT2D eigenvalue weighted by Crippen LogP contribution is -2.48. The Hall–Kier alpha value is -2.03. The van der Waals surface area contributed by atoms with Gasteiger partial charge in [0.15, 0.2) is 17.5 Å². The van der Waals surface area contributed by atoms with E-state index >= 15 is 0 Å². The van der Waals surface area contributed by atoms with Gasteiger partial charge in [0.25, 0.3) is 0 Å². The molecule has 2 fully saturated rings. The first-order valence-electron chi connectivity index (χ1n) is 9.17. The van der Waals surface area contributed by atoms with Crippen LogP contribution >= 0.6 is 11.8 Å². The predicted octanol–water partition coefficient (Wildman–Crippen LogP) is 3.34. The molecule has 1 heterocycles. The standard InChI is InChI=1S/C19H21F3N2O3S/c1-28-9-8-14(17(25)23-13-7-6-12(20)15(21)16(13)22)24-18(26)10-4-2-3-5-11(10)19(24)27/h6-7,10-11,14H,2-5,8-9H2,1H3,(H,23,25). The Kier molecular flexibility index (Phi) is 6.32. The van der Waals surface area contributed by atoms with Gasteiger partial charge >= 0.3 is 0 Å². The number of amides is 3. The van der Waals surface area contributed by atoms with Crippen LogP contribution in [0.1, 0.15) is 32.1 Å². The molecule has 0 spiro atoms. The largest absolute Gasteiger partial charge is 0.322 e. The lowest BCUT2D eigenvalue weighted by Gasteiger charge is -2.26. The normalized spacial score (nSPS) is 22.9. The van der Waals surface area contributed by atoms with E-state index in [4.69, 9.17) is 0 Å². The van der Waals surface area contributed by atoms with Crippen LogP contribution in [0.5, 0.6) is 0 Å². The van der Waals surface area contributed by atoms with Gasteiger partial charge in [-0.1, -0.05) is 12.8 Å². The molecule has 1 aliphatic carbocycles. The summed E-state index contributed by atoms with van der Waals surface area (Å²) in [7, 11) is 0. The monoisotopic (exact) mass is 414 g/mol. The van der Waals surface area contributed by atoms with E-state index in [0.29, 0.717) is 24.7 Å². The third-order valence-corrected chi connectivity index (χ3v) is 6.02. The van der Waals surface area contributed by atoms with E-state index in [1.54, 1.807) is 0 Å². The van der Waals surface area contributed by atoms with Gasteiger partial charge in [-0.15, -0.1) is 0 Å². The Labute approximate surface area is 165 Å². The number of carbonyl (C=O) groups is 3. The number of thioether (sulfide) groups is 1. The maximum atomic E-state index is 13.9. The van der Waals surface area contributed by atoms with Crippen molar-refractivity contribution in [2.24, 2.45) is 11.8 Å². The second kappa shape index (κ2) is 8.55. The molecule has 2 aliphatic rings. The Balaban J connectivity index is 1.85. The summed E-state index contributed by atoms with van der Waals surface area (Å²) in [4.78, 5) is 39.4. The van der Waals surface area contributed by atoms with Crippen LogP contribution in [-0.2, 0) is 14.4 Å².